The number of nitrogens with zero attached hydrogens (tertiary/aromatic N) is 1. The van der Waals surface area contributed by atoms with Gasteiger partial charge in [-0.2, -0.15) is 4.31 Å². The van der Waals surface area contributed by atoms with E-state index >= 15 is 0 Å². The third kappa shape index (κ3) is 2.29. The molecular weight excluding hydrogens is 304 g/mol. The van der Waals surface area contributed by atoms with E-state index in [1.807, 2.05) is 0 Å². The lowest BCUT2D eigenvalue weighted by Gasteiger charge is -2.22. The molecule has 112 valence electrons. The third-order valence-electron chi connectivity index (χ3n) is 3.80. The first-order valence-electron chi connectivity index (χ1n) is 6.16. The zero-order valence-corrected chi connectivity index (χ0v) is 12.8. The van der Waals surface area contributed by atoms with Crippen LogP contribution in [0.25, 0.3) is 0 Å². The van der Waals surface area contributed by atoms with Crippen molar-refractivity contribution < 1.29 is 18.3 Å². The Morgan fingerprint density at radius 2 is 2.20 bits per heavy atom. The van der Waals surface area contributed by atoms with Crippen molar-refractivity contribution in [2.45, 2.75) is 30.9 Å². The average molecular weight is 320 g/mol. The number of hydrogen-bond acceptors (Lipinski definition) is 5. The molecule has 20 heavy (non-hydrogen) atoms. The summed E-state index contributed by atoms with van der Waals surface area (Å²) in [5, 5.41) is 9.30. The van der Waals surface area contributed by atoms with Crippen LogP contribution in [0.4, 0.5) is 0 Å². The van der Waals surface area contributed by atoms with E-state index < -0.39 is 26.3 Å². The number of carbonyl (C=O) groups is 1. The van der Waals surface area contributed by atoms with Gasteiger partial charge < -0.3 is 10.1 Å². The molecule has 1 aliphatic heterocycles. The highest BCUT2D eigenvalue weighted by Crippen LogP contribution is 2.37. The summed E-state index contributed by atoms with van der Waals surface area (Å²) in [6.45, 7) is 3.37. The molecular formula is C11H16N2O5S2. The van der Waals surface area contributed by atoms with Gasteiger partial charge in [0.25, 0.3) is 10.0 Å². The summed E-state index contributed by atoms with van der Waals surface area (Å²) >= 11 is 0.636. The smallest absolute Gasteiger partial charge is 0.311 e. The number of carboxylic acids is 1. The lowest BCUT2D eigenvalue weighted by Crippen LogP contribution is -2.36. The van der Waals surface area contributed by atoms with Crippen LogP contribution in [0, 0.1) is 12.3 Å². The zero-order chi connectivity index (χ0) is 15.1. The van der Waals surface area contributed by atoms with Gasteiger partial charge in [0.15, 0.2) is 4.21 Å². The number of nitrogens with one attached hydrogen (secondary N) is 1. The van der Waals surface area contributed by atoms with E-state index in [4.69, 9.17) is 0 Å². The Labute approximate surface area is 120 Å². The second-order valence-corrected chi connectivity index (χ2v) is 8.07. The van der Waals surface area contributed by atoms with Crippen molar-refractivity contribution in [2.24, 2.45) is 5.41 Å². The summed E-state index contributed by atoms with van der Waals surface area (Å²) in [6.07, 6.45) is 0.660. The minimum Gasteiger partial charge on any atom is -0.481 e. The van der Waals surface area contributed by atoms with Crippen LogP contribution in [-0.2, 0) is 14.8 Å². The Kier molecular flexibility index (Phi) is 3.78. The molecule has 0 radical (unpaired) electrons. The van der Waals surface area contributed by atoms with Gasteiger partial charge in [0.1, 0.15) is 0 Å². The predicted octanol–water partition coefficient (Wildman–Crippen LogP) is 0.620. The summed E-state index contributed by atoms with van der Waals surface area (Å²) in [7, 11) is -3.81. The summed E-state index contributed by atoms with van der Waals surface area (Å²) in [5.41, 5.74) is -0.730. The van der Waals surface area contributed by atoms with Crippen LogP contribution in [0.15, 0.2) is 9.00 Å². The van der Waals surface area contributed by atoms with Crippen LogP contribution in [0.3, 0.4) is 0 Å². The number of sulfonamides is 1. The molecule has 1 aliphatic rings. The van der Waals surface area contributed by atoms with Crippen LogP contribution >= 0.6 is 11.3 Å². The number of hydrogen-bond donors (Lipinski definition) is 2. The lowest BCUT2D eigenvalue weighted by atomic mass is 9.85. The van der Waals surface area contributed by atoms with Gasteiger partial charge in [-0.25, -0.2) is 8.42 Å². The van der Waals surface area contributed by atoms with Gasteiger partial charge in [-0.3, -0.25) is 9.59 Å². The van der Waals surface area contributed by atoms with E-state index in [2.05, 4.69) is 4.98 Å². The highest BCUT2D eigenvalue weighted by molar-refractivity contribution is 7.91. The quantitative estimate of drug-likeness (QED) is 0.845. The van der Waals surface area contributed by atoms with Gasteiger partial charge >= 0.3 is 10.8 Å². The molecule has 2 rings (SSSR count). The van der Waals surface area contributed by atoms with Gasteiger partial charge in [0, 0.05) is 18.8 Å². The summed E-state index contributed by atoms with van der Waals surface area (Å²) < 4.78 is 26.1. The molecule has 1 aromatic heterocycles. The van der Waals surface area contributed by atoms with Gasteiger partial charge in [-0.05, 0) is 19.8 Å². The first-order valence-corrected chi connectivity index (χ1v) is 8.42. The molecule has 0 aliphatic carbocycles. The number of carboxylic acid groups (broad SMARTS) is 1. The summed E-state index contributed by atoms with van der Waals surface area (Å²) in [4.78, 5) is 24.6. The van der Waals surface area contributed by atoms with Gasteiger partial charge in [-0.15, -0.1) is 0 Å². The average Bonchev–Trinajstić information content (AvgIpc) is 2.94. The molecule has 0 spiro atoms. The molecule has 1 unspecified atom stereocenters. The Bertz CT molecular complexity index is 690. The zero-order valence-electron chi connectivity index (χ0n) is 11.2. The Balaban J connectivity index is 2.36. The molecule has 0 aromatic carbocycles. The van der Waals surface area contributed by atoms with E-state index in [9.17, 15) is 23.1 Å². The fourth-order valence-electron chi connectivity index (χ4n) is 2.41. The third-order valence-corrected chi connectivity index (χ3v) is 7.23. The minimum absolute atomic E-state index is 0.0280. The molecule has 9 heteroatoms. The monoisotopic (exact) mass is 320 g/mol. The molecule has 0 bridgehead atoms. The summed E-state index contributed by atoms with van der Waals surface area (Å²) in [5.74, 6) is -0.975. The second-order valence-electron chi connectivity index (χ2n) is 4.95. The van der Waals surface area contributed by atoms with Crippen molar-refractivity contribution in [1.29, 1.82) is 0 Å². The summed E-state index contributed by atoms with van der Waals surface area (Å²) in [6, 6.07) is 0. The van der Waals surface area contributed by atoms with Gasteiger partial charge in [0.2, 0.25) is 0 Å². The van der Waals surface area contributed by atoms with E-state index in [1.165, 1.54) is 6.92 Å². The van der Waals surface area contributed by atoms with E-state index in [0.717, 1.165) is 4.31 Å². The number of aliphatic carboxylic acids is 1. The molecule has 2 heterocycles. The maximum Gasteiger partial charge on any atom is 0.311 e. The Morgan fingerprint density at radius 1 is 1.55 bits per heavy atom. The highest BCUT2D eigenvalue weighted by atomic mass is 32.2. The van der Waals surface area contributed by atoms with Crippen molar-refractivity contribution in [3.8, 4) is 0 Å². The maximum absolute atomic E-state index is 12.5. The molecule has 1 aromatic rings. The molecule has 1 atom stereocenters. The van der Waals surface area contributed by atoms with Crippen LogP contribution in [-0.4, -0.2) is 41.9 Å². The van der Waals surface area contributed by atoms with Crippen molar-refractivity contribution in [1.82, 2.24) is 9.29 Å². The highest BCUT2D eigenvalue weighted by Gasteiger charge is 2.47. The van der Waals surface area contributed by atoms with E-state index in [-0.39, 0.29) is 23.7 Å². The van der Waals surface area contributed by atoms with Crippen LogP contribution in [0.2, 0.25) is 0 Å². The number of aromatic amines is 1. The molecule has 0 amide bonds. The normalized spacial score (nSPS) is 24.1. The molecule has 2 N–H and O–H groups in total. The maximum atomic E-state index is 12.5. The predicted molar refractivity (Wildman–Crippen MR) is 73.4 cm³/mol. The fraction of sp³-hybridized carbons (Fsp3) is 0.636. The van der Waals surface area contributed by atoms with Gasteiger partial charge in [0.05, 0.1) is 5.41 Å². The van der Waals surface area contributed by atoms with E-state index in [0.29, 0.717) is 23.5 Å². The number of aromatic nitrogens is 1. The number of H-pyrrole nitrogens is 1. The SMILES string of the molecule is CCC1(C(=O)O)CCN(S(=O)(=O)c2sc(=O)[nH]c2C)C1. The van der Waals surface area contributed by atoms with Crippen molar-refractivity contribution >= 4 is 27.3 Å². The fourth-order valence-corrected chi connectivity index (χ4v) is 5.37. The Morgan fingerprint density at radius 3 is 2.60 bits per heavy atom. The van der Waals surface area contributed by atoms with Crippen LogP contribution < -0.4 is 4.87 Å². The minimum atomic E-state index is -3.81. The Hall–Kier alpha value is -1.19. The largest absolute Gasteiger partial charge is 0.481 e. The lowest BCUT2D eigenvalue weighted by molar-refractivity contribution is -0.148. The van der Waals surface area contributed by atoms with Crippen molar-refractivity contribution in [3.05, 3.63) is 15.4 Å². The molecule has 7 nitrogen and oxygen atoms in total. The molecule has 0 saturated carbocycles. The molecule has 1 fully saturated rings. The number of aryl methyl sites for hydroxylation is 1. The topological polar surface area (TPSA) is 108 Å². The standard InChI is InChI=1S/C11H16N2O5S2/c1-3-11(9(14)15)4-5-13(6-11)20(17,18)8-7(2)12-10(16)19-8/h3-6H2,1-2H3,(H,12,16)(H,14,15). The number of rotatable bonds is 4. The second kappa shape index (κ2) is 4.97. The number of thiazole rings is 1. The van der Waals surface area contributed by atoms with Crippen molar-refractivity contribution in [2.75, 3.05) is 13.1 Å². The first kappa shape index (κ1) is 15.2. The van der Waals surface area contributed by atoms with Crippen LogP contribution in [0.5, 0.6) is 0 Å². The first-order chi connectivity index (χ1) is 9.23. The molecule has 1 saturated heterocycles. The van der Waals surface area contributed by atoms with Gasteiger partial charge in [-0.1, -0.05) is 18.3 Å². The van der Waals surface area contributed by atoms with Crippen LogP contribution in [0.1, 0.15) is 25.5 Å². The van der Waals surface area contributed by atoms with E-state index in [1.54, 1.807) is 6.92 Å². The van der Waals surface area contributed by atoms with Crippen molar-refractivity contribution in [3.63, 3.8) is 0 Å².